The van der Waals surface area contributed by atoms with Crippen molar-refractivity contribution in [3.63, 3.8) is 0 Å². The predicted molar refractivity (Wildman–Crippen MR) is 124 cm³/mol. The second-order valence-electron chi connectivity index (χ2n) is 7.19. The molecular formula is C24H26N4O4. The fraction of sp³-hybridized carbons (Fsp3) is 0.167. The summed E-state index contributed by atoms with van der Waals surface area (Å²) in [4.78, 5) is 24.7. The van der Waals surface area contributed by atoms with Gasteiger partial charge in [-0.2, -0.15) is 0 Å². The first kappa shape index (κ1) is 22.6. The maximum absolute atomic E-state index is 12.5. The molecular weight excluding hydrogens is 408 g/mol. The number of nitrogens with one attached hydrogen (secondary N) is 2. The maximum atomic E-state index is 12.5. The number of benzene rings is 3. The largest absolute Gasteiger partial charge is 0.445 e. The lowest BCUT2D eigenvalue weighted by atomic mass is 10.0. The second kappa shape index (κ2) is 10.8. The number of ether oxygens (including phenoxy) is 1. The van der Waals surface area contributed by atoms with Crippen LogP contribution >= 0.6 is 0 Å². The van der Waals surface area contributed by atoms with Crippen molar-refractivity contribution in [1.29, 1.82) is 0 Å². The van der Waals surface area contributed by atoms with Crippen molar-refractivity contribution < 1.29 is 19.4 Å². The van der Waals surface area contributed by atoms with E-state index in [-0.39, 0.29) is 19.1 Å². The number of aliphatic hydroxyl groups is 1. The van der Waals surface area contributed by atoms with Gasteiger partial charge in [0.15, 0.2) is 0 Å². The molecule has 0 unspecified atom stereocenters. The average molecular weight is 434 g/mol. The Morgan fingerprint density at radius 1 is 0.938 bits per heavy atom. The lowest BCUT2D eigenvalue weighted by molar-refractivity contribution is 0.102. The number of aliphatic hydroxyl groups excluding tert-OH is 1. The highest BCUT2D eigenvalue weighted by atomic mass is 16.5. The van der Waals surface area contributed by atoms with E-state index in [2.05, 4.69) is 10.6 Å². The van der Waals surface area contributed by atoms with Crippen LogP contribution in [0, 0.1) is 0 Å². The van der Waals surface area contributed by atoms with Crippen molar-refractivity contribution in [3.8, 4) is 0 Å². The number of carbonyl (C=O) groups is 2. The van der Waals surface area contributed by atoms with Crippen molar-refractivity contribution >= 4 is 29.1 Å². The number of anilines is 3. The summed E-state index contributed by atoms with van der Waals surface area (Å²) in [5, 5.41) is 14.9. The summed E-state index contributed by atoms with van der Waals surface area (Å²) >= 11 is 0. The van der Waals surface area contributed by atoms with Gasteiger partial charge in [-0.1, -0.05) is 36.4 Å². The molecule has 7 N–H and O–H groups in total. The van der Waals surface area contributed by atoms with Crippen LogP contribution in [0.1, 0.15) is 33.9 Å². The molecule has 8 heteroatoms. The number of amides is 2. The Bertz CT molecular complexity index is 1050. The molecule has 0 aliphatic carbocycles. The van der Waals surface area contributed by atoms with Crippen molar-refractivity contribution in [2.75, 3.05) is 23.4 Å². The number of alkyl carbamates (subject to hydrolysis) is 1. The van der Waals surface area contributed by atoms with Crippen LogP contribution in [0.3, 0.4) is 0 Å². The Hall–Kier alpha value is -4.04. The Morgan fingerprint density at radius 2 is 1.62 bits per heavy atom. The van der Waals surface area contributed by atoms with Crippen LogP contribution in [0.5, 0.6) is 0 Å². The third kappa shape index (κ3) is 6.23. The van der Waals surface area contributed by atoms with E-state index < -0.39 is 12.1 Å². The van der Waals surface area contributed by atoms with Crippen LogP contribution in [0.15, 0.2) is 72.8 Å². The molecule has 8 nitrogen and oxygen atoms in total. The van der Waals surface area contributed by atoms with Gasteiger partial charge in [0.25, 0.3) is 5.91 Å². The lowest BCUT2D eigenvalue weighted by Gasteiger charge is -2.18. The SMILES string of the molecule is Nc1ccc(COC(=O)N[C@H](CCO)c2ccc(C(=O)Nc3ccccc3N)cc2)cc1. The minimum Gasteiger partial charge on any atom is -0.445 e. The fourth-order valence-electron chi connectivity index (χ4n) is 3.07. The summed E-state index contributed by atoms with van der Waals surface area (Å²) in [6.45, 7) is -0.0296. The van der Waals surface area contributed by atoms with E-state index in [1.54, 1.807) is 72.8 Å². The van der Waals surface area contributed by atoms with Crippen molar-refractivity contribution in [2.45, 2.75) is 19.1 Å². The number of rotatable bonds is 8. The minimum absolute atomic E-state index is 0.0969. The van der Waals surface area contributed by atoms with E-state index in [4.69, 9.17) is 16.2 Å². The van der Waals surface area contributed by atoms with Gasteiger partial charge in [-0.3, -0.25) is 4.79 Å². The number of carbonyl (C=O) groups excluding carboxylic acids is 2. The molecule has 166 valence electrons. The molecule has 0 heterocycles. The number of hydrogen-bond acceptors (Lipinski definition) is 6. The third-order valence-electron chi connectivity index (χ3n) is 4.84. The van der Waals surface area contributed by atoms with Crippen molar-refractivity contribution in [2.24, 2.45) is 0 Å². The van der Waals surface area contributed by atoms with Gasteiger partial charge in [0.05, 0.1) is 17.4 Å². The van der Waals surface area contributed by atoms with Crippen LogP contribution in [-0.4, -0.2) is 23.7 Å². The second-order valence-corrected chi connectivity index (χ2v) is 7.19. The Balaban J connectivity index is 1.60. The lowest BCUT2D eigenvalue weighted by Crippen LogP contribution is -2.29. The summed E-state index contributed by atoms with van der Waals surface area (Å²) < 4.78 is 5.26. The molecule has 2 amide bonds. The molecule has 3 aromatic rings. The van der Waals surface area contributed by atoms with Gasteiger partial charge in [0.2, 0.25) is 0 Å². The molecule has 0 aliphatic rings. The molecule has 0 aromatic heterocycles. The van der Waals surface area contributed by atoms with Crippen LogP contribution in [-0.2, 0) is 11.3 Å². The molecule has 0 aliphatic heterocycles. The molecule has 0 spiro atoms. The highest BCUT2D eigenvalue weighted by molar-refractivity contribution is 6.05. The molecule has 1 atom stereocenters. The predicted octanol–water partition coefficient (Wildman–Crippen LogP) is 3.45. The van der Waals surface area contributed by atoms with Gasteiger partial charge >= 0.3 is 6.09 Å². The minimum atomic E-state index is -0.610. The van der Waals surface area contributed by atoms with Crippen molar-refractivity contribution in [1.82, 2.24) is 5.32 Å². The first-order valence-corrected chi connectivity index (χ1v) is 10.1. The van der Waals surface area contributed by atoms with E-state index in [0.717, 1.165) is 11.1 Å². The zero-order valence-electron chi connectivity index (χ0n) is 17.5. The smallest absolute Gasteiger partial charge is 0.407 e. The zero-order chi connectivity index (χ0) is 22.9. The van der Waals surface area contributed by atoms with Gasteiger partial charge in [0, 0.05) is 17.9 Å². The number of para-hydroxylation sites is 2. The molecule has 32 heavy (non-hydrogen) atoms. The van der Waals surface area contributed by atoms with Gasteiger partial charge in [-0.25, -0.2) is 4.79 Å². The fourth-order valence-corrected chi connectivity index (χ4v) is 3.07. The van der Waals surface area contributed by atoms with Crippen molar-refractivity contribution in [3.05, 3.63) is 89.5 Å². The quantitative estimate of drug-likeness (QED) is 0.344. The zero-order valence-corrected chi connectivity index (χ0v) is 17.5. The average Bonchev–Trinajstić information content (AvgIpc) is 2.80. The maximum Gasteiger partial charge on any atom is 0.407 e. The standard InChI is InChI=1S/C24H26N4O4/c25-19-11-5-16(6-12-19)15-32-24(31)28-21(13-14-29)17-7-9-18(10-8-17)23(30)27-22-4-2-1-3-20(22)26/h1-12,21,29H,13-15,25-26H2,(H,27,30)(H,28,31)/t21-/m1/s1. The third-order valence-corrected chi connectivity index (χ3v) is 4.84. The summed E-state index contributed by atoms with van der Waals surface area (Å²) in [7, 11) is 0. The van der Waals surface area contributed by atoms with Gasteiger partial charge in [-0.15, -0.1) is 0 Å². The van der Waals surface area contributed by atoms with Gasteiger partial charge in [-0.05, 0) is 53.9 Å². The molecule has 3 aromatic carbocycles. The first-order chi connectivity index (χ1) is 15.5. The summed E-state index contributed by atoms with van der Waals surface area (Å²) in [5.74, 6) is -0.302. The topological polar surface area (TPSA) is 140 Å². The molecule has 0 bridgehead atoms. The molecule has 0 radical (unpaired) electrons. The molecule has 0 saturated heterocycles. The summed E-state index contributed by atoms with van der Waals surface area (Å²) in [6, 6.07) is 20.3. The Kier molecular flexibility index (Phi) is 7.66. The van der Waals surface area contributed by atoms with E-state index in [1.165, 1.54) is 0 Å². The van der Waals surface area contributed by atoms with Crippen LogP contribution in [0.25, 0.3) is 0 Å². The Labute approximate surface area is 186 Å². The van der Waals surface area contributed by atoms with E-state index >= 15 is 0 Å². The molecule has 0 fully saturated rings. The molecule has 0 saturated carbocycles. The Morgan fingerprint density at radius 3 is 2.28 bits per heavy atom. The van der Waals surface area contributed by atoms with Gasteiger partial charge < -0.3 is 31.9 Å². The van der Waals surface area contributed by atoms with E-state index in [9.17, 15) is 14.7 Å². The van der Waals surface area contributed by atoms with Crippen LogP contribution in [0.2, 0.25) is 0 Å². The molecule has 3 rings (SSSR count). The summed E-state index contributed by atoms with van der Waals surface area (Å²) in [6.07, 6.45) is -0.315. The number of hydrogen-bond donors (Lipinski definition) is 5. The number of nitrogens with two attached hydrogens (primary N) is 2. The van der Waals surface area contributed by atoms with E-state index in [0.29, 0.717) is 29.0 Å². The van der Waals surface area contributed by atoms with Crippen LogP contribution in [0.4, 0.5) is 21.9 Å². The highest BCUT2D eigenvalue weighted by Crippen LogP contribution is 2.20. The monoisotopic (exact) mass is 434 g/mol. The van der Waals surface area contributed by atoms with Crippen LogP contribution < -0.4 is 22.1 Å². The highest BCUT2D eigenvalue weighted by Gasteiger charge is 2.16. The van der Waals surface area contributed by atoms with Gasteiger partial charge in [0.1, 0.15) is 6.61 Å². The number of nitrogen functional groups attached to an aromatic ring is 2. The normalized spacial score (nSPS) is 11.4. The summed E-state index contributed by atoms with van der Waals surface area (Å²) in [5.41, 5.74) is 15.1. The first-order valence-electron chi connectivity index (χ1n) is 10.1. The van der Waals surface area contributed by atoms with E-state index in [1.807, 2.05) is 0 Å².